The largest absolute Gasteiger partial charge is 0.466 e. The lowest BCUT2D eigenvalue weighted by molar-refractivity contribution is -0.136. The van der Waals surface area contributed by atoms with Gasteiger partial charge in [-0.2, -0.15) is 0 Å². The van der Waals surface area contributed by atoms with Crippen LogP contribution in [0.3, 0.4) is 0 Å². The van der Waals surface area contributed by atoms with Crippen LogP contribution in [0.15, 0.2) is 29.8 Å². The second-order valence-corrected chi connectivity index (χ2v) is 3.74. The van der Waals surface area contributed by atoms with Gasteiger partial charge in [0.05, 0.1) is 12.8 Å². The fourth-order valence-electron chi connectivity index (χ4n) is 1.33. The quantitative estimate of drug-likeness (QED) is 0.646. The molecule has 0 atom stereocenters. The molecule has 0 amide bonds. The molecule has 3 nitrogen and oxygen atoms in total. The Balaban J connectivity index is 2.62. The third-order valence-corrected chi connectivity index (χ3v) is 2.33. The van der Waals surface area contributed by atoms with Gasteiger partial charge in [0, 0.05) is 12.1 Å². The summed E-state index contributed by atoms with van der Waals surface area (Å²) < 4.78 is 17.9. The SMILES string of the molecule is COC(=O)/C(C)=C/CNc1cc(C)ccc1F. The number of hydrogen-bond acceptors (Lipinski definition) is 3. The van der Waals surface area contributed by atoms with Crippen LogP contribution < -0.4 is 5.32 Å². The topological polar surface area (TPSA) is 38.3 Å². The number of rotatable bonds is 4. The number of esters is 1. The first-order valence-corrected chi connectivity index (χ1v) is 5.29. The third kappa shape index (κ3) is 3.90. The Labute approximate surface area is 100 Å². The molecule has 1 rings (SSSR count). The summed E-state index contributed by atoms with van der Waals surface area (Å²) in [5.74, 6) is -0.684. The van der Waals surface area contributed by atoms with Crippen LogP contribution in [0.2, 0.25) is 0 Å². The zero-order valence-corrected chi connectivity index (χ0v) is 10.2. The van der Waals surface area contributed by atoms with E-state index in [4.69, 9.17) is 0 Å². The maximum Gasteiger partial charge on any atom is 0.333 e. The molecule has 1 N–H and O–H groups in total. The number of ether oxygens (including phenoxy) is 1. The number of carbonyl (C=O) groups excluding carboxylic acids is 1. The number of benzene rings is 1. The van der Waals surface area contributed by atoms with Gasteiger partial charge in [-0.15, -0.1) is 0 Å². The van der Waals surface area contributed by atoms with Crippen molar-refractivity contribution >= 4 is 11.7 Å². The van der Waals surface area contributed by atoms with E-state index in [9.17, 15) is 9.18 Å². The molecule has 4 heteroatoms. The Kier molecular flexibility index (Phi) is 4.69. The van der Waals surface area contributed by atoms with Crippen LogP contribution in [0, 0.1) is 12.7 Å². The highest BCUT2D eigenvalue weighted by atomic mass is 19.1. The highest BCUT2D eigenvalue weighted by Crippen LogP contribution is 2.15. The van der Waals surface area contributed by atoms with Gasteiger partial charge in [0.25, 0.3) is 0 Å². The van der Waals surface area contributed by atoms with Crippen LogP contribution in [0.25, 0.3) is 0 Å². The monoisotopic (exact) mass is 237 g/mol. The Morgan fingerprint density at radius 3 is 2.88 bits per heavy atom. The summed E-state index contributed by atoms with van der Waals surface area (Å²) in [6, 6.07) is 4.83. The van der Waals surface area contributed by atoms with Crippen molar-refractivity contribution in [2.45, 2.75) is 13.8 Å². The molecule has 0 unspecified atom stereocenters. The van der Waals surface area contributed by atoms with Crippen LogP contribution in [-0.2, 0) is 9.53 Å². The molecule has 92 valence electrons. The number of methoxy groups -OCH3 is 1. The lowest BCUT2D eigenvalue weighted by Crippen LogP contribution is -2.06. The minimum absolute atomic E-state index is 0.306. The molecular formula is C13H16FNO2. The molecule has 0 aromatic heterocycles. The summed E-state index contributed by atoms with van der Waals surface area (Å²) >= 11 is 0. The Hall–Kier alpha value is -1.84. The summed E-state index contributed by atoms with van der Waals surface area (Å²) in [6.07, 6.45) is 1.66. The van der Waals surface area contributed by atoms with Gasteiger partial charge < -0.3 is 10.1 Å². The van der Waals surface area contributed by atoms with Crippen LogP contribution in [-0.4, -0.2) is 19.6 Å². The summed E-state index contributed by atoms with van der Waals surface area (Å²) in [6.45, 7) is 3.92. The van der Waals surface area contributed by atoms with Gasteiger partial charge in [-0.1, -0.05) is 12.1 Å². The molecule has 0 aliphatic heterocycles. The first-order valence-electron chi connectivity index (χ1n) is 5.29. The lowest BCUT2D eigenvalue weighted by Gasteiger charge is -2.06. The molecule has 0 radical (unpaired) electrons. The van der Waals surface area contributed by atoms with Crippen molar-refractivity contribution in [1.82, 2.24) is 0 Å². The van der Waals surface area contributed by atoms with E-state index in [2.05, 4.69) is 10.1 Å². The van der Waals surface area contributed by atoms with Crippen molar-refractivity contribution in [3.05, 3.63) is 41.2 Å². The molecular weight excluding hydrogens is 221 g/mol. The summed E-state index contributed by atoms with van der Waals surface area (Å²) in [5.41, 5.74) is 1.90. The summed E-state index contributed by atoms with van der Waals surface area (Å²) in [4.78, 5) is 11.1. The van der Waals surface area contributed by atoms with E-state index in [1.165, 1.54) is 13.2 Å². The van der Waals surface area contributed by atoms with Crippen LogP contribution in [0.1, 0.15) is 12.5 Å². The third-order valence-electron chi connectivity index (χ3n) is 2.33. The van der Waals surface area contributed by atoms with E-state index in [0.29, 0.717) is 17.8 Å². The molecule has 0 aliphatic rings. The van der Waals surface area contributed by atoms with Crippen molar-refractivity contribution in [2.24, 2.45) is 0 Å². The van der Waals surface area contributed by atoms with Gasteiger partial charge in [0.15, 0.2) is 0 Å². The predicted octanol–water partition coefficient (Wildman–Crippen LogP) is 2.67. The number of nitrogens with one attached hydrogen (secondary N) is 1. The molecule has 1 aromatic carbocycles. The minimum Gasteiger partial charge on any atom is -0.466 e. The van der Waals surface area contributed by atoms with Gasteiger partial charge in [0.1, 0.15) is 5.82 Å². The summed E-state index contributed by atoms with van der Waals surface area (Å²) in [7, 11) is 1.33. The smallest absolute Gasteiger partial charge is 0.333 e. The van der Waals surface area contributed by atoms with E-state index in [1.807, 2.05) is 6.92 Å². The van der Waals surface area contributed by atoms with Crippen LogP contribution >= 0.6 is 0 Å². The fraction of sp³-hybridized carbons (Fsp3) is 0.308. The van der Waals surface area contributed by atoms with Crippen molar-refractivity contribution in [3.8, 4) is 0 Å². The fourth-order valence-corrected chi connectivity index (χ4v) is 1.33. The van der Waals surface area contributed by atoms with Crippen molar-refractivity contribution in [2.75, 3.05) is 19.0 Å². The van der Waals surface area contributed by atoms with Gasteiger partial charge in [-0.3, -0.25) is 0 Å². The van der Waals surface area contributed by atoms with Gasteiger partial charge in [-0.05, 0) is 31.5 Å². The molecule has 0 bridgehead atoms. The number of aryl methyl sites for hydroxylation is 1. The van der Waals surface area contributed by atoms with E-state index in [-0.39, 0.29) is 11.8 Å². The van der Waals surface area contributed by atoms with Crippen molar-refractivity contribution < 1.29 is 13.9 Å². The van der Waals surface area contributed by atoms with Gasteiger partial charge in [-0.25, -0.2) is 9.18 Å². The minimum atomic E-state index is -0.378. The second-order valence-electron chi connectivity index (χ2n) is 3.74. The number of carbonyl (C=O) groups is 1. The maximum absolute atomic E-state index is 13.3. The first-order chi connectivity index (χ1) is 8.04. The van der Waals surface area contributed by atoms with Crippen molar-refractivity contribution in [3.63, 3.8) is 0 Å². The highest BCUT2D eigenvalue weighted by molar-refractivity contribution is 5.87. The highest BCUT2D eigenvalue weighted by Gasteiger charge is 2.03. The molecule has 17 heavy (non-hydrogen) atoms. The maximum atomic E-state index is 13.3. The molecule has 1 aromatic rings. The zero-order valence-electron chi connectivity index (χ0n) is 10.2. The molecule has 0 fully saturated rings. The number of halogens is 1. The van der Waals surface area contributed by atoms with E-state index in [1.54, 1.807) is 25.1 Å². The zero-order chi connectivity index (χ0) is 12.8. The van der Waals surface area contributed by atoms with E-state index >= 15 is 0 Å². The lowest BCUT2D eigenvalue weighted by atomic mass is 10.2. The predicted molar refractivity (Wildman–Crippen MR) is 65.4 cm³/mol. The van der Waals surface area contributed by atoms with Gasteiger partial charge in [0.2, 0.25) is 0 Å². The standard InChI is InChI=1S/C13H16FNO2/c1-9-4-5-11(14)12(8-9)15-7-6-10(2)13(16)17-3/h4-6,8,15H,7H2,1-3H3/b10-6+. The number of anilines is 1. The first kappa shape index (κ1) is 13.2. The van der Waals surface area contributed by atoms with Crippen molar-refractivity contribution in [1.29, 1.82) is 0 Å². The number of hydrogen-bond donors (Lipinski definition) is 1. The normalized spacial score (nSPS) is 11.2. The van der Waals surface area contributed by atoms with Gasteiger partial charge >= 0.3 is 5.97 Å². The Bertz CT molecular complexity index is 441. The van der Waals surface area contributed by atoms with E-state index < -0.39 is 0 Å². The Morgan fingerprint density at radius 2 is 2.24 bits per heavy atom. The van der Waals surface area contributed by atoms with E-state index in [0.717, 1.165) is 5.56 Å². The molecule has 0 saturated carbocycles. The molecule has 0 saturated heterocycles. The Morgan fingerprint density at radius 1 is 1.53 bits per heavy atom. The molecule has 0 heterocycles. The van der Waals surface area contributed by atoms with Crippen LogP contribution in [0.5, 0.6) is 0 Å². The van der Waals surface area contributed by atoms with Crippen LogP contribution in [0.4, 0.5) is 10.1 Å². The molecule has 0 spiro atoms. The summed E-state index contributed by atoms with van der Waals surface area (Å²) in [5, 5.41) is 2.90. The average Bonchev–Trinajstić information content (AvgIpc) is 2.32. The average molecular weight is 237 g/mol. The second kappa shape index (κ2) is 6.03. The molecule has 0 aliphatic carbocycles.